The van der Waals surface area contributed by atoms with Crippen LogP contribution in [0, 0.1) is 11.3 Å². The van der Waals surface area contributed by atoms with Gasteiger partial charge in [0.1, 0.15) is 0 Å². The summed E-state index contributed by atoms with van der Waals surface area (Å²) in [6.07, 6.45) is 3.42. The van der Waals surface area contributed by atoms with Gasteiger partial charge in [0.05, 0.1) is 6.26 Å². The van der Waals surface area contributed by atoms with E-state index in [1.807, 2.05) is 11.0 Å². The lowest BCUT2D eigenvalue weighted by atomic mass is 9.71. The van der Waals surface area contributed by atoms with Crippen LogP contribution in [-0.2, 0) is 6.54 Å². The molecule has 0 bridgehead atoms. The second kappa shape index (κ2) is 7.25. The van der Waals surface area contributed by atoms with E-state index >= 15 is 0 Å². The number of hydrogen-bond donors (Lipinski definition) is 1. The molecule has 26 heavy (non-hydrogen) atoms. The molecule has 1 atom stereocenters. The first-order valence-corrected chi connectivity index (χ1v) is 9.40. The Hall–Kier alpha value is -2.11. The van der Waals surface area contributed by atoms with Crippen LogP contribution >= 0.6 is 0 Å². The summed E-state index contributed by atoms with van der Waals surface area (Å²) in [5.41, 5.74) is 1.43. The van der Waals surface area contributed by atoms with Gasteiger partial charge in [0.2, 0.25) is 0 Å². The number of carbonyl (C=O) groups excluding carboxylic acids is 1. The third kappa shape index (κ3) is 3.29. The van der Waals surface area contributed by atoms with E-state index in [-0.39, 0.29) is 23.8 Å². The highest BCUT2D eigenvalue weighted by Gasteiger charge is 2.48. The van der Waals surface area contributed by atoms with Crippen LogP contribution in [0.4, 0.5) is 0 Å². The van der Waals surface area contributed by atoms with Crippen molar-refractivity contribution in [2.24, 2.45) is 11.3 Å². The zero-order valence-corrected chi connectivity index (χ0v) is 15.0. The number of aliphatic hydroxyl groups excluding tert-OH is 1. The van der Waals surface area contributed by atoms with Gasteiger partial charge in [-0.1, -0.05) is 30.3 Å². The van der Waals surface area contributed by atoms with Crippen LogP contribution in [0.1, 0.15) is 29.0 Å². The number of furan rings is 1. The maximum Gasteiger partial charge on any atom is 0.289 e. The zero-order chi connectivity index (χ0) is 18.0. The summed E-state index contributed by atoms with van der Waals surface area (Å²) in [7, 11) is 0. The highest BCUT2D eigenvalue weighted by molar-refractivity contribution is 5.91. The number of rotatable bonds is 4. The van der Waals surface area contributed by atoms with Crippen molar-refractivity contribution in [3.05, 3.63) is 60.1 Å². The SMILES string of the molecule is O=C(c1ccco1)N1CCC2(CC1)CN(Cc1ccccc1)CC2CO. The maximum absolute atomic E-state index is 12.5. The fourth-order valence-corrected chi connectivity index (χ4v) is 4.64. The van der Waals surface area contributed by atoms with Gasteiger partial charge >= 0.3 is 0 Å². The standard InChI is InChI=1S/C21H26N2O3/c24-15-18-14-22(13-17-5-2-1-3-6-17)16-21(18)8-10-23(11-9-21)20(25)19-7-4-12-26-19/h1-7,12,18,24H,8-11,13-16H2. The zero-order valence-electron chi connectivity index (χ0n) is 15.0. The number of likely N-dealkylation sites (tertiary alicyclic amines) is 2. The third-order valence-corrected chi connectivity index (χ3v) is 6.13. The molecule has 1 aromatic carbocycles. The molecule has 4 rings (SSSR count). The molecular formula is C21H26N2O3. The minimum atomic E-state index is -0.0236. The van der Waals surface area contributed by atoms with E-state index in [4.69, 9.17) is 4.42 Å². The molecule has 1 aromatic heterocycles. The molecule has 0 aliphatic carbocycles. The Morgan fingerprint density at radius 3 is 2.58 bits per heavy atom. The summed E-state index contributed by atoms with van der Waals surface area (Å²) in [5, 5.41) is 9.97. The molecule has 1 unspecified atom stereocenters. The first-order chi connectivity index (χ1) is 12.7. The van der Waals surface area contributed by atoms with Gasteiger partial charge in [-0.3, -0.25) is 9.69 Å². The fraction of sp³-hybridized carbons (Fsp3) is 0.476. The summed E-state index contributed by atoms with van der Waals surface area (Å²) in [6.45, 7) is 4.53. The van der Waals surface area contributed by atoms with E-state index in [9.17, 15) is 9.90 Å². The van der Waals surface area contributed by atoms with Gasteiger partial charge in [-0.2, -0.15) is 0 Å². The second-order valence-electron chi connectivity index (χ2n) is 7.67. The van der Waals surface area contributed by atoms with E-state index in [2.05, 4.69) is 29.2 Å². The number of carbonyl (C=O) groups is 1. The third-order valence-electron chi connectivity index (χ3n) is 6.13. The summed E-state index contributed by atoms with van der Waals surface area (Å²) in [4.78, 5) is 16.8. The Morgan fingerprint density at radius 1 is 1.15 bits per heavy atom. The Balaban J connectivity index is 1.41. The lowest BCUT2D eigenvalue weighted by Gasteiger charge is -2.42. The molecule has 3 heterocycles. The molecule has 138 valence electrons. The van der Waals surface area contributed by atoms with Crippen molar-refractivity contribution in [1.29, 1.82) is 0 Å². The van der Waals surface area contributed by atoms with E-state index < -0.39 is 0 Å². The Morgan fingerprint density at radius 2 is 1.92 bits per heavy atom. The van der Waals surface area contributed by atoms with Crippen LogP contribution in [0.15, 0.2) is 53.1 Å². The monoisotopic (exact) mass is 354 g/mol. The number of benzene rings is 1. The number of nitrogens with zero attached hydrogens (tertiary/aromatic N) is 2. The first-order valence-electron chi connectivity index (χ1n) is 9.40. The number of amides is 1. The van der Waals surface area contributed by atoms with Crippen molar-refractivity contribution in [2.75, 3.05) is 32.8 Å². The van der Waals surface area contributed by atoms with Crippen LogP contribution in [0.2, 0.25) is 0 Å². The molecule has 2 aromatic rings. The van der Waals surface area contributed by atoms with Crippen molar-refractivity contribution < 1.29 is 14.3 Å². The lowest BCUT2D eigenvalue weighted by Crippen LogP contribution is -2.47. The Bertz CT molecular complexity index is 721. The second-order valence-corrected chi connectivity index (χ2v) is 7.67. The quantitative estimate of drug-likeness (QED) is 0.917. The van der Waals surface area contributed by atoms with Crippen LogP contribution in [0.3, 0.4) is 0 Å². The van der Waals surface area contributed by atoms with Gasteiger partial charge in [-0.15, -0.1) is 0 Å². The van der Waals surface area contributed by atoms with Crippen LogP contribution in [-0.4, -0.2) is 53.6 Å². The van der Waals surface area contributed by atoms with Gasteiger partial charge in [0, 0.05) is 45.2 Å². The van der Waals surface area contributed by atoms with Gasteiger partial charge < -0.3 is 14.4 Å². The van der Waals surface area contributed by atoms with Gasteiger partial charge in [-0.25, -0.2) is 0 Å². The number of aliphatic hydroxyl groups is 1. The predicted octanol–water partition coefficient (Wildman–Crippen LogP) is 2.63. The van der Waals surface area contributed by atoms with Crippen molar-refractivity contribution in [3.8, 4) is 0 Å². The molecular weight excluding hydrogens is 328 g/mol. The fourth-order valence-electron chi connectivity index (χ4n) is 4.64. The number of piperidine rings is 1. The highest BCUT2D eigenvalue weighted by Crippen LogP contribution is 2.45. The van der Waals surface area contributed by atoms with Crippen molar-refractivity contribution >= 4 is 5.91 Å². The van der Waals surface area contributed by atoms with Gasteiger partial charge in [-0.05, 0) is 36.0 Å². The Labute approximate surface area is 154 Å². The maximum atomic E-state index is 12.5. The Kier molecular flexibility index (Phi) is 4.83. The molecule has 0 radical (unpaired) electrons. The predicted molar refractivity (Wildman–Crippen MR) is 98.6 cm³/mol. The summed E-state index contributed by atoms with van der Waals surface area (Å²) in [6, 6.07) is 14.0. The average Bonchev–Trinajstić information content (AvgIpc) is 3.31. The molecule has 0 saturated carbocycles. The topological polar surface area (TPSA) is 56.9 Å². The number of hydrogen-bond acceptors (Lipinski definition) is 4. The van der Waals surface area contributed by atoms with E-state index in [1.54, 1.807) is 18.4 Å². The van der Waals surface area contributed by atoms with Crippen LogP contribution in [0.5, 0.6) is 0 Å². The molecule has 2 fully saturated rings. The first kappa shape index (κ1) is 17.3. The smallest absolute Gasteiger partial charge is 0.289 e. The molecule has 2 saturated heterocycles. The molecule has 2 aliphatic heterocycles. The minimum Gasteiger partial charge on any atom is -0.459 e. The van der Waals surface area contributed by atoms with Gasteiger partial charge in [0.15, 0.2) is 5.76 Å². The van der Waals surface area contributed by atoms with E-state index in [0.29, 0.717) is 5.76 Å². The molecule has 5 heteroatoms. The van der Waals surface area contributed by atoms with E-state index in [0.717, 1.165) is 45.6 Å². The summed E-state index contributed by atoms with van der Waals surface area (Å²) in [5.74, 6) is 0.674. The van der Waals surface area contributed by atoms with Crippen molar-refractivity contribution in [1.82, 2.24) is 9.80 Å². The minimum absolute atomic E-state index is 0.0236. The van der Waals surface area contributed by atoms with Crippen molar-refractivity contribution in [2.45, 2.75) is 19.4 Å². The normalized spacial score (nSPS) is 22.8. The average molecular weight is 354 g/mol. The summed E-state index contributed by atoms with van der Waals surface area (Å²) < 4.78 is 5.25. The molecule has 1 amide bonds. The van der Waals surface area contributed by atoms with E-state index in [1.165, 1.54) is 5.56 Å². The summed E-state index contributed by atoms with van der Waals surface area (Å²) >= 11 is 0. The largest absolute Gasteiger partial charge is 0.459 e. The molecule has 1 spiro atoms. The highest BCUT2D eigenvalue weighted by atomic mass is 16.3. The van der Waals surface area contributed by atoms with Gasteiger partial charge in [0.25, 0.3) is 5.91 Å². The van der Waals surface area contributed by atoms with Crippen LogP contribution < -0.4 is 0 Å². The lowest BCUT2D eigenvalue weighted by molar-refractivity contribution is 0.0381. The van der Waals surface area contributed by atoms with Crippen molar-refractivity contribution in [3.63, 3.8) is 0 Å². The molecule has 1 N–H and O–H groups in total. The van der Waals surface area contributed by atoms with Crippen LogP contribution in [0.25, 0.3) is 0 Å². The molecule has 2 aliphatic rings. The molecule has 5 nitrogen and oxygen atoms in total.